The lowest BCUT2D eigenvalue weighted by molar-refractivity contribution is -0.122. The molecule has 0 fully saturated rings. The van der Waals surface area contributed by atoms with E-state index in [1.54, 1.807) is 31.2 Å². The normalized spacial score (nSPS) is 14.9. The number of rotatable bonds is 9. The van der Waals surface area contributed by atoms with E-state index in [4.69, 9.17) is 14.2 Å². The second-order valence-corrected chi connectivity index (χ2v) is 9.40. The summed E-state index contributed by atoms with van der Waals surface area (Å²) in [4.78, 5) is 13.2. The van der Waals surface area contributed by atoms with Gasteiger partial charge in [0, 0.05) is 0 Å². The summed E-state index contributed by atoms with van der Waals surface area (Å²) in [5, 5.41) is 2.94. The summed E-state index contributed by atoms with van der Waals surface area (Å²) >= 11 is 0. The Bertz CT molecular complexity index is 1040. The van der Waals surface area contributed by atoms with Crippen LogP contribution in [-0.4, -0.2) is 46.4 Å². The standard InChI is InChI=1S/C23H30N2O6S/c1-5-20(25(32(4,27)28)18-8-10-19(11-9-18)29-6-2)23(26)24-16(3)17-7-12-21-22(15-17)31-14-13-30-21/h7-12,15-16,20H,5-6,13-14H2,1-4H3,(H,24,26)/t16-,20+/m0/s1. The lowest BCUT2D eigenvalue weighted by Crippen LogP contribution is -2.49. The maximum Gasteiger partial charge on any atom is 0.244 e. The zero-order valence-electron chi connectivity index (χ0n) is 18.8. The quantitative estimate of drug-likeness (QED) is 0.615. The van der Waals surface area contributed by atoms with Crippen LogP contribution in [0.2, 0.25) is 0 Å². The second kappa shape index (κ2) is 10.1. The Morgan fingerprint density at radius 2 is 1.75 bits per heavy atom. The van der Waals surface area contributed by atoms with Crippen LogP contribution < -0.4 is 23.8 Å². The van der Waals surface area contributed by atoms with E-state index in [-0.39, 0.29) is 11.9 Å². The molecule has 1 heterocycles. The van der Waals surface area contributed by atoms with Gasteiger partial charge in [0.15, 0.2) is 11.5 Å². The molecule has 0 saturated carbocycles. The van der Waals surface area contributed by atoms with Crippen molar-refractivity contribution in [1.82, 2.24) is 5.32 Å². The van der Waals surface area contributed by atoms with Gasteiger partial charge >= 0.3 is 0 Å². The third-order valence-corrected chi connectivity index (χ3v) is 6.34. The molecule has 32 heavy (non-hydrogen) atoms. The second-order valence-electron chi connectivity index (χ2n) is 7.54. The first-order valence-electron chi connectivity index (χ1n) is 10.7. The summed E-state index contributed by atoms with van der Waals surface area (Å²) in [6.45, 7) is 6.98. The van der Waals surface area contributed by atoms with Gasteiger partial charge < -0.3 is 19.5 Å². The molecular formula is C23H30N2O6S. The number of nitrogens with one attached hydrogen (secondary N) is 1. The predicted octanol–water partition coefficient (Wildman–Crippen LogP) is 3.28. The minimum Gasteiger partial charge on any atom is -0.494 e. The van der Waals surface area contributed by atoms with Crippen LogP contribution in [0.15, 0.2) is 42.5 Å². The number of carbonyl (C=O) groups excluding carboxylic acids is 1. The number of hydrogen-bond donors (Lipinski definition) is 1. The van der Waals surface area contributed by atoms with Crippen LogP contribution >= 0.6 is 0 Å². The molecule has 2 aromatic carbocycles. The van der Waals surface area contributed by atoms with Gasteiger partial charge in [-0.05, 0) is 62.2 Å². The Hall–Kier alpha value is -2.94. The minimum absolute atomic E-state index is 0.306. The van der Waals surface area contributed by atoms with E-state index in [0.29, 0.717) is 49.2 Å². The minimum atomic E-state index is -3.72. The number of amides is 1. The number of ether oxygens (including phenoxy) is 3. The van der Waals surface area contributed by atoms with Gasteiger partial charge in [0.05, 0.1) is 24.6 Å². The number of sulfonamides is 1. The lowest BCUT2D eigenvalue weighted by atomic mass is 10.1. The van der Waals surface area contributed by atoms with E-state index in [2.05, 4.69) is 5.32 Å². The molecule has 2 aromatic rings. The molecule has 0 aliphatic carbocycles. The van der Waals surface area contributed by atoms with Crippen LogP contribution in [0.1, 0.15) is 38.8 Å². The first-order valence-corrected chi connectivity index (χ1v) is 12.5. The van der Waals surface area contributed by atoms with Gasteiger partial charge in [-0.15, -0.1) is 0 Å². The van der Waals surface area contributed by atoms with Gasteiger partial charge in [-0.25, -0.2) is 8.42 Å². The fourth-order valence-corrected chi connectivity index (χ4v) is 4.85. The number of carbonyl (C=O) groups is 1. The summed E-state index contributed by atoms with van der Waals surface area (Å²) in [7, 11) is -3.72. The van der Waals surface area contributed by atoms with Crippen molar-refractivity contribution in [2.45, 2.75) is 39.3 Å². The summed E-state index contributed by atoms with van der Waals surface area (Å²) in [6.07, 6.45) is 1.41. The smallest absolute Gasteiger partial charge is 0.244 e. The number of benzene rings is 2. The highest BCUT2D eigenvalue weighted by molar-refractivity contribution is 7.92. The van der Waals surface area contributed by atoms with E-state index in [1.807, 2.05) is 32.0 Å². The monoisotopic (exact) mass is 462 g/mol. The Morgan fingerprint density at radius 3 is 2.34 bits per heavy atom. The third-order valence-electron chi connectivity index (χ3n) is 5.16. The third kappa shape index (κ3) is 5.45. The zero-order valence-corrected chi connectivity index (χ0v) is 19.6. The molecule has 0 saturated heterocycles. The fraction of sp³-hybridized carbons (Fsp3) is 0.435. The molecule has 9 heteroatoms. The van der Waals surface area contributed by atoms with Crippen molar-refractivity contribution >= 4 is 21.6 Å². The largest absolute Gasteiger partial charge is 0.494 e. The highest BCUT2D eigenvalue weighted by Crippen LogP contribution is 2.33. The van der Waals surface area contributed by atoms with Crippen LogP contribution in [0.3, 0.4) is 0 Å². The molecule has 3 rings (SSSR count). The van der Waals surface area contributed by atoms with Gasteiger partial charge in [0.2, 0.25) is 15.9 Å². The first kappa shape index (κ1) is 23.7. The summed E-state index contributed by atoms with van der Waals surface area (Å²) in [5.41, 5.74) is 1.24. The van der Waals surface area contributed by atoms with Crippen LogP contribution in [0.4, 0.5) is 5.69 Å². The van der Waals surface area contributed by atoms with Crippen molar-refractivity contribution in [2.75, 3.05) is 30.4 Å². The van der Waals surface area contributed by atoms with Gasteiger partial charge in [-0.3, -0.25) is 9.10 Å². The van der Waals surface area contributed by atoms with Crippen molar-refractivity contribution in [3.63, 3.8) is 0 Å². The Morgan fingerprint density at radius 1 is 1.09 bits per heavy atom. The molecule has 1 aliphatic heterocycles. The summed E-state index contributed by atoms with van der Waals surface area (Å²) in [5.74, 6) is 1.56. The lowest BCUT2D eigenvalue weighted by Gasteiger charge is -2.31. The molecular weight excluding hydrogens is 432 g/mol. The van der Waals surface area contributed by atoms with E-state index < -0.39 is 16.1 Å². The van der Waals surface area contributed by atoms with Crippen molar-refractivity contribution < 1.29 is 27.4 Å². The molecule has 8 nitrogen and oxygen atoms in total. The Kier molecular flexibility index (Phi) is 7.50. The van der Waals surface area contributed by atoms with E-state index in [9.17, 15) is 13.2 Å². The first-order chi connectivity index (χ1) is 15.2. The topological polar surface area (TPSA) is 94.2 Å². The molecule has 2 atom stereocenters. The molecule has 0 unspecified atom stereocenters. The highest BCUT2D eigenvalue weighted by Gasteiger charge is 2.32. The van der Waals surface area contributed by atoms with Gasteiger partial charge in [-0.2, -0.15) is 0 Å². The number of hydrogen-bond acceptors (Lipinski definition) is 6. The molecule has 0 aromatic heterocycles. The maximum atomic E-state index is 13.2. The van der Waals surface area contributed by atoms with Crippen molar-refractivity contribution in [3.8, 4) is 17.2 Å². The van der Waals surface area contributed by atoms with Crippen molar-refractivity contribution in [3.05, 3.63) is 48.0 Å². The molecule has 0 bridgehead atoms. The van der Waals surface area contributed by atoms with E-state index in [0.717, 1.165) is 16.1 Å². The van der Waals surface area contributed by atoms with E-state index in [1.165, 1.54) is 0 Å². The molecule has 1 N–H and O–H groups in total. The number of nitrogens with zero attached hydrogens (tertiary/aromatic N) is 1. The molecule has 174 valence electrons. The summed E-state index contributed by atoms with van der Waals surface area (Å²) in [6, 6.07) is 10.9. The average molecular weight is 463 g/mol. The molecule has 0 radical (unpaired) electrons. The molecule has 0 spiro atoms. The molecule has 1 amide bonds. The zero-order chi connectivity index (χ0) is 23.3. The van der Waals surface area contributed by atoms with Crippen LogP contribution in [0, 0.1) is 0 Å². The van der Waals surface area contributed by atoms with Crippen LogP contribution in [0.5, 0.6) is 17.2 Å². The average Bonchev–Trinajstić information content (AvgIpc) is 2.77. The van der Waals surface area contributed by atoms with Crippen LogP contribution in [0.25, 0.3) is 0 Å². The van der Waals surface area contributed by atoms with Gasteiger partial charge in [-0.1, -0.05) is 13.0 Å². The predicted molar refractivity (Wildman–Crippen MR) is 123 cm³/mol. The van der Waals surface area contributed by atoms with Gasteiger partial charge in [0.1, 0.15) is 25.0 Å². The highest BCUT2D eigenvalue weighted by atomic mass is 32.2. The maximum absolute atomic E-state index is 13.2. The number of fused-ring (bicyclic) bond motifs is 1. The number of anilines is 1. The molecule has 1 aliphatic rings. The Balaban J connectivity index is 1.81. The van der Waals surface area contributed by atoms with Crippen LogP contribution in [-0.2, 0) is 14.8 Å². The fourth-order valence-electron chi connectivity index (χ4n) is 3.64. The van der Waals surface area contributed by atoms with Gasteiger partial charge in [0.25, 0.3) is 0 Å². The summed E-state index contributed by atoms with van der Waals surface area (Å²) < 4.78 is 43.1. The van der Waals surface area contributed by atoms with Crippen molar-refractivity contribution in [2.24, 2.45) is 0 Å². The van der Waals surface area contributed by atoms with Crippen molar-refractivity contribution in [1.29, 1.82) is 0 Å². The van der Waals surface area contributed by atoms with E-state index >= 15 is 0 Å². The SMILES string of the molecule is CCOc1ccc(N([C@H](CC)C(=O)N[C@@H](C)c2ccc3c(c2)OCCO3)S(C)(=O)=O)cc1. The Labute approximate surface area is 189 Å².